The molecular formula is C23H23N5O6. The van der Waals surface area contributed by atoms with Crippen molar-refractivity contribution in [3.63, 3.8) is 0 Å². The molecule has 2 heterocycles. The highest BCUT2D eigenvalue weighted by Crippen LogP contribution is 2.38. The van der Waals surface area contributed by atoms with Crippen molar-refractivity contribution in [1.29, 1.82) is 0 Å². The molecule has 34 heavy (non-hydrogen) atoms. The molecule has 0 spiro atoms. The van der Waals surface area contributed by atoms with E-state index in [4.69, 9.17) is 14.2 Å². The molecule has 0 amide bonds. The minimum Gasteiger partial charge on any atom is -0.493 e. The molecule has 0 aliphatic carbocycles. The molecular weight excluding hydrogens is 442 g/mol. The zero-order valence-electron chi connectivity index (χ0n) is 19.1. The minimum atomic E-state index is -0.697. The van der Waals surface area contributed by atoms with Crippen LogP contribution >= 0.6 is 0 Å². The predicted molar refractivity (Wildman–Crippen MR) is 123 cm³/mol. The van der Waals surface area contributed by atoms with Gasteiger partial charge in [-0.2, -0.15) is 4.98 Å². The quantitative estimate of drug-likeness (QED) is 0.315. The van der Waals surface area contributed by atoms with E-state index in [0.717, 1.165) is 0 Å². The monoisotopic (exact) mass is 465 g/mol. The number of nitro benzene ring substituents is 1. The lowest BCUT2D eigenvalue weighted by Crippen LogP contribution is -2.29. The fourth-order valence-corrected chi connectivity index (χ4v) is 3.81. The molecule has 11 nitrogen and oxygen atoms in total. The Morgan fingerprint density at radius 1 is 1.15 bits per heavy atom. The number of carbonyl (C=O) groups is 1. The molecule has 0 saturated heterocycles. The molecule has 0 saturated carbocycles. The summed E-state index contributed by atoms with van der Waals surface area (Å²) in [6.45, 7) is 3.67. The van der Waals surface area contributed by atoms with E-state index < -0.39 is 16.9 Å². The predicted octanol–water partition coefficient (Wildman–Crippen LogP) is 3.72. The Labute approximate surface area is 195 Å². The molecule has 1 unspecified atom stereocenters. The Bertz CT molecular complexity index is 1280. The fraction of sp³-hybridized carbons (Fsp3) is 0.261. The van der Waals surface area contributed by atoms with E-state index in [2.05, 4.69) is 15.4 Å². The number of methoxy groups -OCH3 is 2. The zero-order valence-corrected chi connectivity index (χ0v) is 19.1. The molecule has 1 N–H and O–H groups in total. The number of ether oxygens (including phenoxy) is 3. The van der Waals surface area contributed by atoms with Crippen LogP contribution in [0.5, 0.6) is 11.5 Å². The van der Waals surface area contributed by atoms with E-state index >= 15 is 0 Å². The van der Waals surface area contributed by atoms with Gasteiger partial charge in [0.15, 0.2) is 17.3 Å². The van der Waals surface area contributed by atoms with Crippen molar-refractivity contribution in [3.8, 4) is 22.9 Å². The molecule has 4 rings (SSSR count). The van der Waals surface area contributed by atoms with E-state index in [1.54, 1.807) is 63.1 Å². The first kappa shape index (κ1) is 22.8. The molecule has 0 fully saturated rings. The standard InChI is InChI=1S/C23H23N5O6/c1-5-34-22(29)19-13(2)24-23-25-21(15-8-11-17(32-3)18(12-15)33-4)26-27(23)20(19)14-6-9-16(10-7-14)28(30)31/h6-12,20H,5H2,1-4H3,(H,24,25,26). The van der Waals surface area contributed by atoms with Crippen LogP contribution in [0.15, 0.2) is 53.7 Å². The second kappa shape index (κ2) is 9.22. The van der Waals surface area contributed by atoms with E-state index in [9.17, 15) is 14.9 Å². The summed E-state index contributed by atoms with van der Waals surface area (Å²) in [5.41, 5.74) is 2.15. The van der Waals surface area contributed by atoms with Gasteiger partial charge in [-0.05, 0) is 49.7 Å². The van der Waals surface area contributed by atoms with E-state index in [-0.39, 0.29) is 12.3 Å². The maximum absolute atomic E-state index is 12.9. The number of nitrogens with one attached hydrogen (secondary N) is 1. The first-order chi connectivity index (χ1) is 16.4. The summed E-state index contributed by atoms with van der Waals surface area (Å²) in [6, 6.07) is 10.6. The third-order valence-electron chi connectivity index (χ3n) is 5.41. The average molecular weight is 465 g/mol. The molecule has 176 valence electrons. The van der Waals surface area contributed by atoms with Gasteiger partial charge in [-0.15, -0.1) is 5.10 Å². The third kappa shape index (κ3) is 4.03. The van der Waals surface area contributed by atoms with Crippen molar-refractivity contribution in [2.45, 2.75) is 19.9 Å². The van der Waals surface area contributed by atoms with Gasteiger partial charge in [-0.1, -0.05) is 0 Å². The number of allylic oxidation sites excluding steroid dienone is 1. The maximum Gasteiger partial charge on any atom is 0.338 e. The second-order valence-electron chi connectivity index (χ2n) is 7.41. The van der Waals surface area contributed by atoms with Crippen LogP contribution in [-0.4, -0.2) is 46.5 Å². The van der Waals surface area contributed by atoms with E-state index in [1.807, 2.05) is 0 Å². The number of rotatable bonds is 7. The smallest absolute Gasteiger partial charge is 0.338 e. The lowest BCUT2D eigenvalue weighted by atomic mass is 9.95. The van der Waals surface area contributed by atoms with Crippen molar-refractivity contribution in [3.05, 3.63) is 69.4 Å². The van der Waals surface area contributed by atoms with Crippen molar-refractivity contribution < 1.29 is 23.9 Å². The van der Waals surface area contributed by atoms with Crippen LogP contribution in [0, 0.1) is 10.1 Å². The molecule has 0 radical (unpaired) electrons. The molecule has 3 aromatic rings. The molecule has 0 bridgehead atoms. The number of anilines is 1. The number of hydrogen-bond acceptors (Lipinski definition) is 9. The zero-order chi connectivity index (χ0) is 24.4. The Morgan fingerprint density at radius 2 is 1.85 bits per heavy atom. The second-order valence-corrected chi connectivity index (χ2v) is 7.41. The topological polar surface area (TPSA) is 131 Å². The van der Waals surface area contributed by atoms with Gasteiger partial charge in [-0.3, -0.25) is 10.1 Å². The van der Waals surface area contributed by atoms with Crippen LogP contribution in [0.4, 0.5) is 11.6 Å². The lowest BCUT2D eigenvalue weighted by Gasteiger charge is -2.28. The Balaban J connectivity index is 1.84. The highest BCUT2D eigenvalue weighted by atomic mass is 16.6. The van der Waals surface area contributed by atoms with Crippen LogP contribution in [0.2, 0.25) is 0 Å². The van der Waals surface area contributed by atoms with Crippen molar-refractivity contribution in [2.75, 3.05) is 26.1 Å². The summed E-state index contributed by atoms with van der Waals surface area (Å²) >= 11 is 0. The number of benzene rings is 2. The molecule has 1 aliphatic rings. The van der Waals surface area contributed by atoms with Gasteiger partial charge >= 0.3 is 5.97 Å². The lowest BCUT2D eigenvalue weighted by molar-refractivity contribution is -0.384. The number of aromatic nitrogens is 3. The fourth-order valence-electron chi connectivity index (χ4n) is 3.81. The summed E-state index contributed by atoms with van der Waals surface area (Å²) in [5, 5.41) is 18.9. The maximum atomic E-state index is 12.9. The number of esters is 1. The summed E-state index contributed by atoms with van der Waals surface area (Å²) in [7, 11) is 3.09. The van der Waals surface area contributed by atoms with Gasteiger partial charge in [0.05, 0.1) is 31.3 Å². The van der Waals surface area contributed by atoms with Crippen LogP contribution in [-0.2, 0) is 9.53 Å². The van der Waals surface area contributed by atoms with E-state index in [0.29, 0.717) is 45.7 Å². The third-order valence-corrected chi connectivity index (χ3v) is 5.41. The summed E-state index contributed by atoms with van der Waals surface area (Å²) in [6.07, 6.45) is 0. The Hall–Kier alpha value is -4.41. The molecule has 11 heteroatoms. The molecule has 2 aromatic carbocycles. The normalized spacial score (nSPS) is 14.8. The van der Waals surface area contributed by atoms with Crippen molar-refractivity contribution >= 4 is 17.6 Å². The highest BCUT2D eigenvalue weighted by molar-refractivity contribution is 5.92. The van der Waals surface area contributed by atoms with Gasteiger partial charge in [0.25, 0.3) is 5.69 Å². The summed E-state index contributed by atoms with van der Waals surface area (Å²) < 4.78 is 17.6. The number of fused-ring (bicyclic) bond motifs is 1. The number of nitro groups is 1. The SMILES string of the molecule is CCOC(=O)C1=C(C)Nc2nc(-c3ccc(OC)c(OC)c3)nn2C1c1ccc([N+](=O)[O-])cc1. The van der Waals surface area contributed by atoms with Gasteiger partial charge in [-0.25, -0.2) is 9.48 Å². The van der Waals surface area contributed by atoms with Crippen LogP contribution in [0.25, 0.3) is 11.4 Å². The summed E-state index contributed by atoms with van der Waals surface area (Å²) in [5.74, 6) is 1.39. The van der Waals surface area contributed by atoms with Gasteiger partial charge in [0, 0.05) is 23.4 Å². The minimum absolute atomic E-state index is 0.0547. The van der Waals surface area contributed by atoms with Crippen molar-refractivity contribution in [2.24, 2.45) is 0 Å². The number of hydrogen-bond donors (Lipinski definition) is 1. The Kier molecular flexibility index (Phi) is 6.17. The van der Waals surface area contributed by atoms with Gasteiger partial charge < -0.3 is 19.5 Å². The first-order valence-corrected chi connectivity index (χ1v) is 10.5. The van der Waals surface area contributed by atoms with E-state index in [1.165, 1.54) is 12.1 Å². The number of carbonyl (C=O) groups excluding carboxylic acids is 1. The summed E-state index contributed by atoms with van der Waals surface area (Å²) in [4.78, 5) is 28.1. The van der Waals surface area contributed by atoms with Crippen LogP contribution in [0.3, 0.4) is 0 Å². The number of nitrogens with zero attached hydrogens (tertiary/aromatic N) is 4. The largest absolute Gasteiger partial charge is 0.493 e. The highest BCUT2D eigenvalue weighted by Gasteiger charge is 2.35. The molecule has 1 atom stereocenters. The van der Waals surface area contributed by atoms with Gasteiger partial charge in [0.2, 0.25) is 5.95 Å². The molecule has 1 aromatic heterocycles. The van der Waals surface area contributed by atoms with Gasteiger partial charge in [0.1, 0.15) is 6.04 Å². The first-order valence-electron chi connectivity index (χ1n) is 10.5. The van der Waals surface area contributed by atoms with Crippen LogP contribution < -0.4 is 14.8 Å². The Morgan fingerprint density at radius 3 is 2.47 bits per heavy atom. The van der Waals surface area contributed by atoms with Crippen molar-refractivity contribution in [1.82, 2.24) is 14.8 Å². The van der Waals surface area contributed by atoms with Crippen LogP contribution in [0.1, 0.15) is 25.5 Å². The average Bonchev–Trinajstić information content (AvgIpc) is 3.26. The molecule has 1 aliphatic heterocycles. The number of non-ortho nitro benzene ring substituents is 1.